The maximum Gasteiger partial charge on any atom is 0.292 e. The van der Waals surface area contributed by atoms with Crippen molar-refractivity contribution in [2.45, 2.75) is 13.0 Å². The number of nitro groups is 1. The molecule has 1 atom stereocenters. The van der Waals surface area contributed by atoms with Gasteiger partial charge < -0.3 is 15.2 Å². The van der Waals surface area contributed by atoms with Crippen LogP contribution in [-0.4, -0.2) is 26.6 Å². The van der Waals surface area contributed by atoms with Crippen LogP contribution in [0.2, 0.25) is 0 Å². The second kappa shape index (κ2) is 7.27. The number of carboxylic acid groups (broad SMARTS) is 1. The summed E-state index contributed by atoms with van der Waals surface area (Å²) >= 11 is 0. The van der Waals surface area contributed by atoms with E-state index in [2.05, 4.69) is 10.4 Å². The lowest BCUT2D eigenvalue weighted by Gasteiger charge is -2.17. The van der Waals surface area contributed by atoms with E-state index in [1.165, 1.54) is 43.3 Å². The first-order chi connectivity index (χ1) is 13.3. The van der Waals surface area contributed by atoms with Gasteiger partial charge in [-0.25, -0.2) is 4.68 Å². The van der Waals surface area contributed by atoms with Gasteiger partial charge in [0.1, 0.15) is 17.4 Å². The van der Waals surface area contributed by atoms with Crippen LogP contribution in [-0.2, 0) is 4.79 Å². The largest absolute Gasteiger partial charge is 0.543 e. The molecule has 1 heterocycles. The van der Waals surface area contributed by atoms with Crippen LogP contribution in [0.5, 0.6) is 0 Å². The van der Waals surface area contributed by atoms with Crippen LogP contribution < -0.4 is 16.0 Å². The highest BCUT2D eigenvalue weighted by atomic mass is 16.6. The molecule has 1 aromatic heterocycles. The number of anilines is 1. The summed E-state index contributed by atoms with van der Waals surface area (Å²) in [6.07, 6.45) is 0. The number of hydrogen-bond acceptors (Lipinski definition) is 7. The molecule has 142 valence electrons. The first kappa shape index (κ1) is 18.7. The Morgan fingerprint density at radius 3 is 2.36 bits per heavy atom. The van der Waals surface area contributed by atoms with E-state index >= 15 is 0 Å². The van der Waals surface area contributed by atoms with Gasteiger partial charge in [0.15, 0.2) is 0 Å². The van der Waals surface area contributed by atoms with Crippen molar-refractivity contribution >= 4 is 34.0 Å². The number of hydrogen-bond donors (Lipinski definition) is 1. The van der Waals surface area contributed by atoms with Crippen molar-refractivity contribution in [3.8, 4) is 0 Å². The summed E-state index contributed by atoms with van der Waals surface area (Å²) in [5.41, 5.74) is -1.54. The number of nitrogens with one attached hydrogen (secondary N) is 1. The van der Waals surface area contributed by atoms with Gasteiger partial charge in [-0.3, -0.25) is 19.7 Å². The van der Waals surface area contributed by atoms with Gasteiger partial charge in [0, 0.05) is 11.5 Å². The van der Waals surface area contributed by atoms with E-state index in [1.807, 2.05) is 0 Å². The maximum absolute atomic E-state index is 12.7. The molecule has 0 unspecified atom stereocenters. The lowest BCUT2D eigenvalue weighted by Crippen LogP contribution is -2.36. The molecule has 3 rings (SSSR count). The third-order valence-electron chi connectivity index (χ3n) is 4.13. The van der Waals surface area contributed by atoms with Crippen molar-refractivity contribution in [3.63, 3.8) is 0 Å². The molecule has 0 saturated carbocycles. The van der Waals surface area contributed by atoms with Crippen molar-refractivity contribution < 1.29 is 19.6 Å². The van der Waals surface area contributed by atoms with Gasteiger partial charge in [0.05, 0.1) is 16.3 Å². The predicted octanol–water partition coefficient (Wildman–Crippen LogP) is 0.868. The molecular formula is C18H13N4O6-. The van der Waals surface area contributed by atoms with Crippen molar-refractivity contribution in [1.29, 1.82) is 0 Å². The van der Waals surface area contributed by atoms with E-state index in [0.29, 0.717) is 0 Å². The summed E-state index contributed by atoms with van der Waals surface area (Å²) in [5, 5.41) is 28.8. The number of amides is 1. The number of carboxylic acids is 1. The van der Waals surface area contributed by atoms with E-state index in [4.69, 9.17) is 0 Å². The summed E-state index contributed by atoms with van der Waals surface area (Å²) in [6, 6.07) is 10.2. The van der Waals surface area contributed by atoms with E-state index in [1.54, 1.807) is 12.1 Å². The number of carbonyl (C=O) groups is 2. The molecule has 3 aromatic rings. The van der Waals surface area contributed by atoms with Gasteiger partial charge in [0.2, 0.25) is 5.91 Å². The Labute approximate surface area is 157 Å². The fourth-order valence-corrected chi connectivity index (χ4v) is 2.71. The fourth-order valence-electron chi connectivity index (χ4n) is 2.71. The fraction of sp³-hybridized carbons (Fsp3) is 0.111. The summed E-state index contributed by atoms with van der Waals surface area (Å²) in [5.74, 6) is -2.38. The molecule has 0 saturated heterocycles. The molecule has 10 heteroatoms. The maximum atomic E-state index is 12.7. The molecule has 0 spiro atoms. The van der Waals surface area contributed by atoms with Crippen molar-refractivity contribution in [3.05, 3.63) is 74.7 Å². The van der Waals surface area contributed by atoms with Crippen LogP contribution in [0, 0.1) is 10.1 Å². The highest BCUT2D eigenvalue weighted by Crippen LogP contribution is 2.24. The molecule has 0 fully saturated rings. The van der Waals surface area contributed by atoms with Crippen molar-refractivity contribution in [2.24, 2.45) is 0 Å². The standard InChI is InChI=1S/C18H14N4O6/c1-10(16(23)19-13-8-4-5-9-14(13)22(27)28)21-17(24)12-7-3-2-6-11(12)15(20-21)18(25)26/h2-10H,1H3,(H,19,23)(H,25,26)/p-1/t10-/m1/s1. The van der Waals surface area contributed by atoms with E-state index in [-0.39, 0.29) is 22.1 Å². The molecule has 0 bridgehead atoms. The Balaban J connectivity index is 2.04. The molecule has 1 amide bonds. The number of benzene rings is 2. The van der Waals surface area contributed by atoms with E-state index < -0.39 is 34.1 Å². The summed E-state index contributed by atoms with van der Waals surface area (Å²) in [4.78, 5) is 47.1. The average molecular weight is 381 g/mol. The molecule has 28 heavy (non-hydrogen) atoms. The lowest BCUT2D eigenvalue weighted by atomic mass is 10.1. The number of carbonyl (C=O) groups excluding carboxylic acids is 2. The number of para-hydroxylation sites is 2. The third-order valence-corrected chi connectivity index (χ3v) is 4.13. The van der Waals surface area contributed by atoms with Gasteiger partial charge in [-0.2, -0.15) is 5.10 Å². The molecule has 0 aliphatic heterocycles. The van der Waals surface area contributed by atoms with Gasteiger partial charge in [-0.05, 0) is 19.1 Å². The quantitative estimate of drug-likeness (QED) is 0.509. The monoisotopic (exact) mass is 381 g/mol. The zero-order valence-corrected chi connectivity index (χ0v) is 14.5. The number of rotatable bonds is 5. The zero-order valence-electron chi connectivity index (χ0n) is 14.5. The summed E-state index contributed by atoms with van der Waals surface area (Å²) < 4.78 is 0.720. The molecule has 10 nitrogen and oxygen atoms in total. The summed E-state index contributed by atoms with van der Waals surface area (Å²) in [7, 11) is 0. The van der Waals surface area contributed by atoms with E-state index in [0.717, 1.165) is 4.68 Å². The molecule has 0 aliphatic rings. The number of nitrogens with zero attached hydrogens (tertiary/aromatic N) is 3. The van der Waals surface area contributed by atoms with Gasteiger partial charge in [-0.1, -0.05) is 30.3 Å². The normalized spacial score (nSPS) is 11.8. The number of nitro benzene ring substituents is 1. The minimum atomic E-state index is -1.60. The molecule has 0 radical (unpaired) electrons. The summed E-state index contributed by atoms with van der Waals surface area (Å²) in [6.45, 7) is 1.33. The first-order valence-corrected chi connectivity index (χ1v) is 8.08. The third kappa shape index (κ3) is 3.30. The van der Waals surface area contributed by atoms with Gasteiger partial charge in [-0.15, -0.1) is 0 Å². The minimum Gasteiger partial charge on any atom is -0.543 e. The Kier molecular flexibility index (Phi) is 4.86. The second-order valence-electron chi connectivity index (χ2n) is 5.87. The van der Waals surface area contributed by atoms with Gasteiger partial charge >= 0.3 is 0 Å². The molecule has 1 N–H and O–H groups in total. The Morgan fingerprint density at radius 1 is 1.11 bits per heavy atom. The van der Waals surface area contributed by atoms with Crippen LogP contribution in [0.4, 0.5) is 11.4 Å². The Hall–Kier alpha value is -4.08. The zero-order chi connectivity index (χ0) is 20.4. The molecular weight excluding hydrogens is 368 g/mol. The van der Waals surface area contributed by atoms with Crippen molar-refractivity contribution in [1.82, 2.24) is 9.78 Å². The predicted molar refractivity (Wildman–Crippen MR) is 96.8 cm³/mol. The van der Waals surface area contributed by atoms with Crippen LogP contribution in [0.25, 0.3) is 10.8 Å². The molecule has 0 aliphatic carbocycles. The van der Waals surface area contributed by atoms with Crippen LogP contribution in [0.1, 0.15) is 23.5 Å². The minimum absolute atomic E-state index is 0.0571. The number of aromatic nitrogens is 2. The van der Waals surface area contributed by atoms with Crippen LogP contribution in [0.3, 0.4) is 0 Å². The molecule has 2 aromatic carbocycles. The first-order valence-electron chi connectivity index (χ1n) is 8.08. The Bertz CT molecular complexity index is 1170. The average Bonchev–Trinajstić information content (AvgIpc) is 2.68. The Morgan fingerprint density at radius 2 is 1.71 bits per heavy atom. The van der Waals surface area contributed by atoms with Crippen LogP contribution in [0.15, 0.2) is 53.3 Å². The topological polar surface area (TPSA) is 147 Å². The highest BCUT2D eigenvalue weighted by Gasteiger charge is 2.23. The number of fused-ring (bicyclic) bond motifs is 1. The van der Waals surface area contributed by atoms with Crippen molar-refractivity contribution in [2.75, 3.05) is 5.32 Å². The highest BCUT2D eigenvalue weighted by molar-refractivity contribution is 6.00. The van der Waals surface area contributed by atoms with Crippen LogP contribution >= 0.6 is 0 Å². The smallest absolute Gasteiger partial charge is 0.292 e. The lowest BCUT2D eigenvalue weighted by molar-refractivity contribution is -0.383. The number of aromatic carboxylic acids is 1. The van der Waals surface area contributed by atoms with Gasteiger partial charge in [0.25, 0.3) is 11.2 Å². The second-order valence-corrected chi connectivity index (χ2v) is 5.87. The van der Waals surface area contributed by atoms with E-state index in [9.17, 15) is 29.6 Å². The SMILES string of the molecule is C[C@H](C(=O)Nc1ccccc1[N+](=O)[O-])n1nc(C(=O)[O-])c2ccccc2c1=O.